The summed E-state index contributed by atoms with van der Waals surface area (Å²) < 4.78 is 0. The largest absolute Gasteiger partial charge is 0.368 e. The normalized spacial score (nSPS) is 16.7. The summed E-state index contributed by atoms with van der Waals surface area (Å²) in [5, 5.41) is 0.861. The van der Waals surface area contributed by atoms with Gasteiger partial charge in [0.15, 0.2) is 5.16 Å². The molecule has 2 saturated heterocycles. The van der Waals surface area contributed by atoms with Gasteiger partial charge < -0.3 is 19.6 Å². The van der Waals surface area contributed by atoms with Gasteiger partial charge in [0, 0.05) is 70.5 Å². The van der Waals surface area contributed by atoms with Crippen molar-refractivity contribution in [2.45, 2.75) is 25.4 Å². The lowest BCUT2D eigenvalue weighted by molar-refractivity contribution is -0.131. The first kappa shape index (κ1) is 24.6. The van der Waals surface area contributed by atoms with Crippen molar-refractivity contribution in [3.8, 4) is 0 Å². The van der Waals surface area contributed by atoms with Gasteiger partial charge in [0.1, 0.15) is 11.0 Å². The Morgan fingerprint density at radius 3 is 2.18 bits per heavy atom. The van der Waals surface area contributed by atoms with E-state index in [0.717, 1.165) is 18.9 Å². The van der Waals surface area contributed by atoms with Crippen molar-refractivity contribution in [2.24, 2.45) is 0 Å². The van der Waals surface area contributed by atoms with Crippen LogP contribution in [0.1, 0.15) is 18.9 Å². The Morgan fingerprint density at radius 1 is 0.912 bits per heavy atom. The molecule has 3 heterocycles. The highest BCUT2D eigenvalue weighted by molar-refractivity contribution is 7.99. The van der Waals surface area contributed by atoms with E-state index in [9.17, 15) is 9.59 Å². The van der Waals surface area contributed by atoms with Gasteiger partial charge in [-0.05, 0) is 18.6 Å². The van der Waals surface area contributed by atoms with E-state index in [1.165, 1.54) is 23.0 Å². The van der Waals surface area contributed by atoms with Crippen LogP contribution in [0.15, 0.2) is 35.5 Å². The zero-order chi connectivity index (χ0) is 24.1. The van der Waals surface area contributed by atoms with E-state index < -0.39 is 0 Å². The van der Waals surface area contributed by atoms with Gasteiger partial charge in [-0.3, -0.25) is 9.59 Å². The van der Waals surface area contributed by atoms with Crippen LogP contribution in [0.5, 0.6) is 0 Å². The fourth-order valence-electron chi connectivity index (χ4n) is 4.35. The van der Waals surface area contributed by atoms with Crippen LogP contribution in [0.25, 0.3) is 0 Å². The number of amides is 2. The Morgan fingerprint density at radius 2 is 1.53 bits per heavy atom. The molecule has 10 heteroatoms. The molecule has 2 aromatic rings. The van der Waals surface area contributed by atoms with Crippen molar-refractivity contribution < 1.29 is 9.59 Å². The van der Waals surface area contributed by atoms with E-state index >= 15 is 0 Å². The molecule has 0 atom stereocenters. The highest BCUT2D eigenvalue weighted by Crippen LogP contribution is 2.24. The number of hydrogen-bond donors (Lipinski definition) is 0. The second kappa shape index (κ2) is 11.3. The third-order valence-corrected chi connectivity index (χ3v) is 7.36. The summed E-state index contributed by atoms with van der Waals surface area (Å²) in [5.74, 6) is 1.29. The molecular weight excluding hydrogens is 472 g/mol. The lowest BCUT2D eigenvalue weighted by Crippen LogP contribution is -2.49. The van der Waals surface area contributed by atoms with Gasteiger partial charge in [0.05, 0.1) is 5.75 Å². The minimum atomic E-state index is 0.0891. The second-order valence-corrected chi connectivity index (χ2v) is 9.83. The number of anilines is 2. The van der Waals surface area contributed by atoms with Gasteiger partial charge in [-0.1, -0.05) is 48.5 Å². The summed E-state index contributed by atoms with van der Waals surface area (Å²) >= 11 is 7.59. The van der Waals surface area contributed by atoms with Crippen molar-refractivity contribution in [1.82, 2.24) is 19.8 Å². The second-order valence-electron chi connectivity index (χ2n) is 8.50. The van der Waals surface area contributed by atoms with Gasteiger partial charge in [0.2, 0.25) is 11.8 Å². The van der Waals surface area contributed by atoms with E-state index in [-0.39, 0.29) is 17.6 Å². The first-order valence-electron chi connectivity index (χ1n) is 11.7. The third kappa shape index (κ3) is 5.93. The first-order chi connectivity index (χ1) is 16.4. The smallest absolute Gasteiger partial charge is 0.233 e. The molecule has 0 bridgehead atoms. The number of piperazine rings is 2. The maximum absolute atomic E-state index is 12.8. The summed E-state index contributed by atoms with van der Waals surface area (Å²) in [6.45, 7) is 9.80. The predicted octanol–water partition coefficient (Wildman–Crippen LogP) is 2.94. The summed E-state index contributed by atoms with van der Waals surface area (Å²) in [6, 6.07) is 10.1. The van der Waals surface area contributed by atoms with Crippen LogP contribution < -0.4 is 9.80 Å². The number of nitrogens with zero attached hydrogens (tertiary/aromatic N) is 6. The van der Waals surface area contributed by atoms with Crippen LogP contribution in [0.2, 0.25) is 5.15 Å². The minimum absolute atomic E-state index is 0.0891. The molecule has 4 rings (SSSR count). The van der Waals surface area contributed by atoms with Gasteiger partial charge >= 0.3 is 0 Å². The lowest BCUT2D eigenvalue weighted by atomic mass is 10.1. The van der Waals surface area contributed by atoms with Crippen LogP contribution >= 0.6 is 23.4 Å². The van der Waals surface area contributed by atoms with Gasteiger partial charge in [-0.15, -0.1) is 0 Å². The summed E-state index contributed by atoms with van der Waals surface area (Å²) in [7, 11) is 0. The SMILES string of the molecule is CCC(=O)N1CCN(c2cc(Cl)nc(SCC(=O)N3CCN(c4ccccc4C)CC3)n2)CC1. The number of aryl methyl sites for hydroxylation is 1. The molecule has 0 saturated carbocycles. The quantitative estimate of drug-likeness (QED) is 0.341. The molecular formula is C24H31ClN6O2S. The molecule has 182 valence electrons. The molecule has 1 aromatic carbocycles. The highest BCUT2D eigenvalue weighted by Gasteiger charge is 2.24. The van der Waals surface area contributed by atoms with Gasteiger partial charge in [-0.25, -0.2) is 9.97 Å². The molecule has 0 spiro atoms. The number of benzene rings is 1. The van der Waals surface area contributed by atoms with Crippen molar-refractivity contribution >= 4 is 46.7 Å². The topological polar surface area (TPSA) is 72.9 Å². The van der Waals surface area contributed by atoms with E-state index in [1.807, 2.05) is 22.8 Å². The Hall–Kier alpha value is -2.52. The standard InChI is InChI=1S/C24H31ClN6O2S/c1-3-22(32)30-14-10-29(11-15-30)21-16-20(25)26-24(27-21)34-17-23(33)31-12-8-28(9-13-31)19-7-5-4-6-18(19)2/h4-7,16H,3,8-15,17H2,1-2H3. The molecule has 2 amide bonds. The minimum Gasteiger partial charge on any atom is -0.368 e. The summed E-state index contributed by atoms with van der Waals surface area (Å²) in [6.07, 6.45) is 0.523. The van der Waals surface area contributed by atoms with Crippen molar-refractivity contribution in [1.29, 1.82) is 0 Å². The number of thioether (sulfide) groups is 1. The fourth-order valence-corrected chi connectivity index (χ4v) is 5.34. The molecule has 2 fully saturated rings. The lowest BCUT2D eigenvalue weighted by Gasteiger charge is -2.36. The Bertz CT molecular complexity index is 1020. The zero-order valence-corrected chi connectivity index (χ0v) is 21.3. The Balaban J connectivity index is 1.29. The number of halogens is 1. The number of carbonyl (C=O) groups is 2. The third-order valence-electron chi connectivity index (χ3n) is 6.33. The number of aromatic nitrogens is 2. The van der Waals surface area contributed by atoms with E-state index in [2.05, 4.69) is 44.9 Å². The summed E-state index contributed by atoms with van der Waals surface area (Å²) in [5.41, 5.74) is 2.49. The molecule has 1 aromatic heterocycles. The average Bonchev–Trinajstić information content (AvgIpc) is 2.87. The Labute approximate surface area is 210 Å². The van der Waals surface area contributed by atoms with Crippen LogP contribution in [0, 0.1) is 6.92 Å². The number of para-hydroxylation sites is 1. The molecule has 0 N–H and O–H groups in total. The molecule has 34 heavy (non-hydrogen) atoms. The molecule has 0 unspecified atom stereocenters. The fraction of sp³-hybridized carbons (Fsp3) is 0.500. The predicted molar refractivity (Wildman–Crippen MR) is 137 cm³/mol. The molecule has 0 aliphatic carbocycles. The summed E-state index contributed by atoms with van der Waals surface area (Å²) in [4.78, 5) is 42.0. The van der Waals surface area contributed by atoms with Gasteiger partial charge in [-0.2, -0.15) is 0 Å². The van der Waals surface area contributed by atoms with Crippen LogP contribution in [-0.4, -0.2) is 89.7 Å². The molecule has 8 nitrogen and oxygen atoms in total. The number of carbonyl (C=O) groups excluding carboxylic acids is 2. The zero-order valence-electron chi connectivity index (χ0n) is 19.7. The molecule has 0 radical (unpaired) electrons. The first-order valence-corrected chi connectivity index (χ1v) is 13.1. The maximum Gasteiger partial charge on any atom is 0.233 e. The van der Waals surface area contributed by atoms with E-state index in [1.54, 1.807) is 6.07 Å². The van der Waals surface area contributed by atoms with Crippen molar-refractivity contribution in [3.63, 3.8) is 0 Å². The molecule has 2 aliphatic rings. The highest BCUT2D eigenvalue weighted by atomic mass is 35.5. The van der Waals surface area contributed by atoms with Crippen LogP contribution in [0.3, 0.4) is 0 Å². The van der Waals surface area contributed by atoms with E-state index in [0.29, 0.717) is 56.0 Å². The van der Waals surface area contributed by atoms with Gasteiger partial charge in [0.25, 0.3) is 0 Å². The van der Waals surface area contributed by atoms with Crippen LogP contribution in [0.4, 0.5) is 11.5 Å². The van der Waals surface area contributed by atoms with E-state index in [4.69, 9.17) is 11.6 Å². The van der Waals surface area contributed by atoms with Crippen LogP contribution in [-0.2, 0) is 9.59 Å². The molecule has 2 aliphatic heterocycles. The Kier molecular flexibility index (Phi) is 8.15. The average molecular weight is 503 g/mol. The maximum atomic E-state index is 12.8. The number of hydrogen-bond acceptors (Lipinski definition) is 7. The monoisotopic (exact) mass is 502 g/mol. The van der Waals surface area contributed by atoms with Crippen molar-refractivity contribution in [2.75, 3.05) is 67.9 Å². The number of rotatable bonds is 6. The van der Waals surface area contributed by atoms with Crippen molar-refractivity contribution in [3.05, 3.63) is 41.0 Å².